The van der Waals surface area contributed by atoms with Crippen LogP contribution >= 0.6 is 11.8 Å². The van der Waals surface area contributed by atoms with Crippen molar-refractivity contribution in [3.05, 3.63) is 69.8 Å². The highest BCUT2D eigenvalue weighted by Crippen LogP contribution is 2.39. The molecule has 0 aliphatic carbocycles. The van der Waals surface area contributed by atoms with Crippen molar-refractivity contribution in [2.24, 2.45) is 0 Å². The second-order valence-corrected chi connectivity index (χ2v) is 7.02. The van der Waals surface area contributed by atoms with E-state index in [0.29, 0.717) is 11.3 Å². The largest absolute Gasteiger partial charge is 0.325 e. The summed E-state index contributed by atoms with van der Waals surface area (Å²) in [6.45, 7) is 1.85. The minimum absolute atomic E-state index is 0.0356. The second kappa shape index (κ2) is 7.57. The van der Waals surface area contributed by atoms with Crippen LogP contribution in [0.4, 0.5) is 11.4 Å². The number of amides is 2. The van der Waals surface area contributed by atoms with Crippen molar-refractivity contribution < 1.29 is 14.5 Å². The highest BCUT2D eigenvalue weighted by molar-refractivity contribution is 8.00. The number of anilines is 1. The molecule has 1 N–H and O–H groups in total. The summed E-state index contributed by atoms with van der Waals surface area (Å²) >= 11 is 1.36. The molecule has 0 aromatic heterocycles. The van der Waals surface area contributed by atoms with Gasteiger partial charge in [-0.1, -0.05) is 29.8 Å². The molecule has 0 radical (unpaired) electrons. The lowest BCUT2D eigenvalue weighted by atomic mass is 10.2. The molecule has 0 spiro atoms. The minimum Gasteiger partial charge on any atom is -0.325 e. The number of benzene rings is 2. The summed E-state index contributed by atoms with van der Waals surface area (Å²) in [5.74, 6) is -0.226. The van der Waals surface area contributed by atoms with Gasteiger partial charge in [-0.15, -0.1) is 11.8 Å². The van der Waals surface area contributed by atoms with E-state index in [1.165, 1.54) is 28.8 Å². The molecule has 26 heavy (non-hydrogen) atoms. The molecule has 2 aromatic rings. The molecule has 1 atom stereocenters. The first-order chi connectivity index (χ1) is 12.4. The number of carbonyl (C=O) groups is 2. The van der Waals surface area contributed by atoms with Crippen LogP contribution in [0.3, 0.4) is 0 Å². The Morgan fingerprint density at radius 2 is 2.04 bits per heavy atom. The highest BCUT2D eigenvalue weighted by Gasteiger charge is 2.34. The van der Waals surface area contributed by atoms with Gasteiger partial charge in [0.05, 0.1) is 10.7 Å². The lowest BCUT2D eigenvalue weighted by Gasteiger charge is -2.23. The Balaban J connectivity index is 1.73. The number of rotatable bonds is 5. The number of aryl methyl sites for hydroxylation is 1. The molecule has 1 aliphatic rings. The molecule has 1 heterocycles. The molecular weight excluding hydrogens is 354 g/mol. The van der Waals surface area contributed by atoms with Gasteiger partial charge >= 0.3 is 0 Å². The van der Waals surface area contributed by atoms with Crippen molar-refractivity contribution in [2.45, 2.75) is 12.3 Å². The van der Waals surface area contributed by atoms with Gasteiger partial charge in [-0.25, -0.2) is 0 Å². The summed E-state index contributed by atoms with van der Waals surface area (Å²) in [6.07, 6.45) is 0. The van der Waals surface area contributed by atoms with Crippen molar-refractivity contribution in [2.75, 3.05) is 17.6 Å². The molecule has 2 amide bonds. The SMILES string of the molecule is Cc1ccc(NC(=O)CN2C(=O)CS[C@@H]2c2cccc([N+](=O)[O-])c2)cc1. The van der Waals surface area contributed by atoms with Crippen molar-refractivity contribution in [3.63, 3.8) is 0 Å². The van der Waals surface area contributed by atoms with Gasteiger partial charge in [0.25, 0.3) is 5.69 Å². The molecule has 134 valence electrons. The number of hydrogen-bond acceptors (Lipinski definition) is 5. The summed E-state index contributed by atoms with van der Waals surface area (Å²) in [7, 11) is 0. The van der Waals surface area contributed by atoms with Gasteiger partial charge < -0.3 is 10.2 Å². The Morgan fingerprint density at radius 3 is 2.73 bits per heavy atom. The number of nitrogens with zero attached hydrogens (tertiary/aromatic N) is 2. The lowest BCUT2D eigenvalue weighted by Crippen LogP contribution is -2.36. The summed E-state index contributed by atoms with van der Waals surface area (Å²) in [5, 5.41) is 13.3. The lowest BCUT2D eigenvalue weighted by molar-refractivity contribution is -0.384. The molecule has 1 aliphatic heterocycles. The van der Waals surface area contributed by atoms with E-state index in [1.54, 1.807) is 24.3 Å². The third-order valence-electron chi connectivity index (χ3n) is 3.98. The summed E-state index contributed by atoms with van der Waals surface area (Å²) in [6, 6.07) is 13.5. The maximum absolute atomic E-state index is 12.3. The zero-order valence-corrected chi connectivity index (χ0v) is 14.9. The molecule has 3 rings (SSSR count). The zero-order valence-electron chi connectivity index (χ0n) is 14.0. The second-order valence-electron chi connectivity index (χ2n) is 5.95. The van der Waals surface area contributed by atoms with Gasteiger partial charge in [0.2, 0.25) is 11.8 Å². The standard InChI is InChI=1S/C18H17N3O4S/c1-12-5-7-14(8-6-12)19-16(22)10-20-17(23)11-26-18(20)13-3-2-4-15(9-13)21(24)25/h2-9,18H,10-11H2,1H3,(H,19,22)/t18-/m1/s1. The summed E-state index contributed by atoms with van der Waals surface area (Å²) in [4.78, 5) is 36.5. The first-order valence-corrected chi connectivity index (χ1v) is 9.01. The normalized spacial score (nSPS) is 16.6. The number of hydrogen-bond donors (Lipinski definition) is 1. The van der Waals surface area contributed by atoms with Gasteiger partial charge in [0, 0.05) is 17.8 Å². The first kappa shape index (κ1) is 17.9. The van der Waals surface area contributed by atoms with Crippen LogP contribution in [0.5, 0.6) is 0 Å². The van der Waals surface area contributed by atoms with E-state index >= 15 is 0 Å². The van der Waals surface area contributed by atoms with Crippen LogP contribution in [0.1, 0.15) is 16.5 Å². The predicted octanol–water partition coefficient (Wildman–Crippen LogP) is 3.12. The fourth-order valence-electron chi connectivity index (χ4n) is 2.69. The van der Waals surface area contributed by atoms with Gasteiger partial charge in [-0.05, 0) is 24.6 Å². The van der Waals surface area contributed by atoms with E-state index in [0.717, 1.165) is 5.56 Å². The van der Waals surface area contributed by atoms with Crippen molar-refractivity contribution >= 4 is 35.0 Å². The van der Waals surface area contributed by atoms with E-state index in [-0.39, 0.29) is 29.8 Å². The van der Waals surface area contributed by atoms with Gasteiger partial charge in [0.1, 0.15) is 11.9 Å². The van der Waals surface area contributed by atoms with Crippen molar-refractivity contribution in [1.82, 2.24) is 4.90 Å². The molecule has 1 saturated heterocycles. The Kier molecular flexibility index (Phi) is 5.22. The van der Waals surface area contributed by atoms with Gasteiger partial charge in [-0.2, -0.15) is 0 Å². The molecule has 7 nitrogen and oxygen atoms in total. The number of carbonyl (C=O) groups excluding carboxylic acids is 2. The van der Waals surface area contributed by atoms with Crippen LogP contribution in [0.25, 0.3) is 0 Å². The van der Waals surface area contributed by atoms with Crippen LogP contribution in [0, 0.1) is 17.0 Å². The predicted molar refractivity (Wildman–Crippen MR) is 99.8 cm³/mol. The fourth-order valence-corrected chi connectivity index (χ4v) is 3.86. The Morgan fingerprint density at radius 1 is 1.31 bits per heavy atom. The molecule has 8 heteroatoms. The van der Waals surface area contributed by atoms with Gasteiger partial charge in [-0.3, -0.25) is 19.7 Å². The maximum Gasteiger partial charge on any atom is 0.269 e. The van der Waals surface area contributed by atoms with Crippen LogP contribution in [0.2, 0.25) is 0 Å². The monoisotopic (exact) mass is 371 g/mol. The third kappa shape index (κ3) is 4.02. The number of nitro groups is 1. The Hall–Kier alpha value is -2.87. The van der Waals surface area contributed by atoms with Crippen LogP contribution in [-0.4, -0.2) is 33.9 Å². The van der Waals surface area contributed by atoms with E-state index in [1.807, 2.05) is 19.1 Å². The van der Waals surface area contributed by atoms with E-state index in [4.69, 9.17) is 0 Å². The van der Waals surface area contributed by atoms with Crippen LogP contribution in [-0.2, 0) is 9.59 Å². The molecular formula is C18H17N3O4S. The average Bonchev–Trinajstić information content (AvgIpc) is 2.97. The van der Waals surface area contributed by atoms with Crippen LogP contribution < -0.4 is 5.32 Å². The third-order valence-corrected chi connectivity index (χ3v) is 5.24. The number of nitrogens with one attached hydrogen (secondary N) is 1. The number of thioether (sulfide) groups is 1. The Bertz CT molecular complexity index is 854. The smallest absolute Gasteiger partial charge is 0.269 e. The quantitative estimate of drug-likeness (QED) is 0.644. The Labute approximate surface area is 154 Å². The van der Waals surface area contributed by atoms with Crippen molar-refractivity contribution in [1.29, 1.82) is 0 Å². The molecule has 2 aromatic carbocycles. The fraction of sp³-hybridized carbons (Fsp3) is 0.222. The van der Waals surface area contributed by atoms with Crippen molar-refractivity contribution in [3.8, 4) is 0 Å². The van der Waals surface area contributed by atoms with Crippen LogP contribution in [0.15, 0.2) is 48.5 Å². The highest BCUT2D eigenvalue weighted by atomic mass is 32.2. The van der Waals surface area contributed by atoms with E-state index in [2.05, 4.69) is 5.32 Å². The number of nitro benzene ring substituents is 1. The molecule has 1 fully saturated rings. The zero-order chi connectivity index (χ0) is 18.7. The summed E-state index contributed by atoms with van der Waals surface area (Å²) < 4.78 is 0. The maximum atomic E-state index is 12.3. The van der Waals surface area contributed by atoms with Gasteiger partial charge in [0.15, 0.2) is 0 Å². The molecule has 0 saturated carbocycles. The number of non-ortho nitro benzene ring substituents is 1. The topological polar surface area (TPSA) is 92.6 Å². The molecule has 0 unspecified atom stereocenters. The average molecular weight is 371 g/mol. The van der Waals surface area contributed by atoms with E-state index < -0.39 is 10.3 Å². The first-order valence-electron chi connectivity index (χ1n) is 7.96. The minimum atomic E-state index is -0.473. The van der Waals surface area contributed by atoms with E-state index in [9.17, 15) is 19.7 Å². The summed E-state index contributed by atoms with van der Waals surface area (Å²) in [5.41, 5.74) is 2.34. The molecule has 0 bridgehead atoms.